The molecule has 25 heavy (non-hydrogen) atoms. The molecule has 0 spiro atoms. The number of hydrogen-bond donors (Lipinski definition) is 1. The number of benzene rings is 2. The van der Waals surface area contributed by atoms with E-state index in [0.717, 1.165) is 33.2 Å². The molecule has 4 heteroatoms. The van der Waals surface area contributed by atoms with Crippen molar-refractivity contribution in [3.63, 3.8) is 0 Å². The number of halogens is 2. The van der Waals surface area contributed by atoms with Crippen LogP contribution in [-0.4, -0.2) is 6.54 Å². The van der Waals surface area contributed by atoms with Gasteiger partial charge in [0.2, 0.25) is 0 Å². The predicted molar refractivity (Wildman–Crippen MR) is 118 cm³/mol. The van der Waals surface area contributed by atoms with Crippen molar-refractivity contribution in [2.45, 2.75) is 50.8 Å². The van der Waals surface area contributed by atoms with Crippen LogP contribution in [-0.2, 0) is 0 Å². The van der Waals surface area contributed by atoms with Gasteiger partial charge in [-0.3, -0.25) is 0 Å². The van der Waals surface area contributed by atoms with Crippen LogP contribution in [0.25, 0.3) is 0 Å². The minimum atomic E-state index is 0.692. The third-order valence-electron chi connectivity index (χ3n) is 4.59. The molecule has 1 nitrogen and oxygen atoms in total. The molecule has 1 fully saturated rings. The van der Waals surface area contributed by atoms with Crippen molar-refractivity contribution in [2.24, 2.45) is 5.92 Å². The summed E-state index contributed by atoms with van der Waals surface area (Å²) in [5.74, 6) is 1.04. The van der Waals surface area contributed by atoms with E-state index < -0.39 is 0 Å². The lowest BCUT2D eigenvalue weighted by molar-refractivity contribution is 0.385. The highest BCUT2D eigenvalue weighted by atomic mass is 79.9. The molecule has 0 N–H and O–H groups in total. The van der Waals surface area contributed by atoms with Crippen LogP contribution in [0.4, 0.5) is 11.4 Å². The fourth-order valence-corrected chi connectivity index (χ4v) is 4.14. The number of thiol groups is 1. The maximum Gasteiger partial charge on any atom is 0.0569 e. The Morgan fingerprint density at radius 3 is 2.28 bits per heavy atom. The van der Waals surface area contributed by atoms with Crippen molar-refractivity contribution >= 4 is 51.5 Å². The van der Waals surface area contributed by atoms with Crippen LogP contribution in [0.5, 0.6) is 0 Å². The van der Waals surface area contributed by atoms with Crippen LogP contribution in [0.2, 0.25) is 5.02 Å². The minimum Gasteiger partial charge on any atom is -0.341 e. The molecule has 3 rings (SSSR count). The quantitative estimate of drug-likeness (QED) is 0.471. The third-order valence-corrected chi connectivity index (χ3v) is 6.14. The molecule has 2 aromatic carbocycles. The highest BCUT2D eigenvalue weighted by molar-refractivity contribution is 9.10. The van der Waals surface area contributed by atoms with Gasteiger partial charge in [-0.25, -0.2) is 0 Å². The first-order chi connectivity index (χ1) is 12.0. The van der Waals surface area contributed by atoms with Crippen LogP contribution in [0.1, 0.15) is 46.0 Å². The summed E-state index contributed by atoms with van der Waals surface area (Å²) >= 11 is 14.1. The zero-order valence-corrected chi connectivity index (χ0v) is 18.2. The zero-order chi connectivity index (χ0) is 18.2. The van der Waals surface area contributed by atoms with Gasteiger partial charge in [0, 0.05) is 21.6 Å². The highest BCUT2D eigenvalue weighted by Crippen LogP contribution is 2.36. The molecule has 1 aliphatic carbocycles. The van der Waals surface area contributed by atoms with Crippen molar-refractivity contribution < 1.29 is 0 Å². The molecule has 0 aromatic heterocycles. The fraction of sp³-hybridized carbons (Fsp3) is 0.429. The first-order valence-electron chi connectivity index (χ1n) is 9.03. The van der Waals surface area contributed by atoms with Crippen molar-refractivity contribution in [1.82, 2.24) is 0 Å². The van der Waals surface area contributed by atoms with Gasteiger partial charge in [-0.1, -0.05) is 68.8 Å². The lowest BCUT2D eigenvalue weighted by Gasteiger charge is -2.25. The summed E-state index contributed by atoms with van der Waals surface area (Å²) < 4.78 is 0.863. The molecular weight excluding hydrogens is 414 g/mol. The maximum absolute atomic E-state index is 6.17. The summed E-state index contributed by atoms with van der Waals surface area (Å²) in [5, 5.41) is 0.692. The van der Waals surface area contributed by atoms with E-state index in [4.69, 9.17) is 11.6 Å². The Hall–Kier alpha value is -0.640. The Morgan fingerprint density at radius 1 is 1.12 bits per heavy atom. The second-order valence-corrected chi connectivity index (χ2v) is 8.32. The Kier molecular flexibility index (Phi) is 8.68. The molecule has 0 heterocycles. The monoisotopic (exact) mass is 439 g/mol. The molecule has 0 atom stereocenters. The second kappa shape index (κ2) is 10.5. The second-order valence-electron chi connectivity index (χ2n) is 6.58. The van der Waals surface area contributed by atoms with Gasteiger partial charge in [0.15, 0.2) is 0 Å². The Bertz CT molecular complexity index is 656. The van der Waals surface area contributed by atoms with E-state index >= 15 is 0 Å². The van der Waals surface area contributed by atoms with Gasteiger partial charge < -0.3 is 4.90 Å². The molecule has 0 radical (unpaired) electrons. The first kappa shape index (κ1) is 20.7. The van der Waals surface area contributed by atoms with Gasteiger partial charge in [-0.05, 0) is 53.0 Å². The van der Waals surface area contributed by atoms with Crippen molar-refractivity contribution in [2.75, 3.05) is 11.4 Å². The molecule has 0 bridgehead atoms. The lowest BCUT2D eigenvalue weighted by Crippen LogP contribution is -2.16. The van der Waals surface area contributed by atoms with Gasteiger partial charge >= 0.3 is 0 Å². The van der Waals surface area contributed by atoms with E-state index in [-0.39, 0.29) is 0 Å². The molecule has 0 saturated heterocycles. The molecule has 2 aromatic rings. The average Bonchev–Trinajstić information content (AvgIpc) is 2.62. The van der Waals surface area contributed by atoms with E-state index in [2.05, 4.69) is 59.4 Å². The van der Waals surface area contributed by atoms with Crippen LogP contribution in [0.15, 0.2) is 51.8 Å². The molecule has 0 unspecified atom stereocenters. The van der Waals surface area contributed by atoms with Gasteiger partial charge in [0.25, 0.3) is 0 Å². The predicted octanol–water partition coefficient (Wildman–Crippen LogP) is 8.14. The number of nitrogens with zero attached hydrogens (tertiary/aromatic N) is 1. The lowest BCUT2D eigenvalue weighted by atomic mass is 9.91. The van der Waals surface area contributed by atoms with Gasteiger partial charge in [-0.2, -0.15) is 0 Å². The summed E-state index contributed by atoms with van der Waals surface area (Å²) in [4.78, 5) is 3.08. The third kappa shape index (κ3) is 6.23. The number of rotatable bonds is 3. The minimum absolute atomic E-state index is 0.692. The summed E-state index contributed by atoms with van der Waals surface area (Å²) in [7, 11) is 0. The zero-order valence-electron chi connectivity index (χ0n) is 15.0. The summed E-state index contributed by atoms with van der Waals surface area (Å²) in [6.45, 7) is 5.32. The van der Waals surface area contributed by atoms with Crippen LogP contribution < -0.4 is 4.90 Å². The van der Waals surface area contributed by atoms with Crippen LogP contribution >= 0.6 is 40.2 Å². The molecule has 0 aliphatic heterocycles. The van der Waals surface area contributed by atoms with Crippen LogP contribution in [0.3, 0.4) is 0 Å². The van der Waals surface area contributed by atoms with Crippen molar-refractivity contribution in [3.05, 3.63) is 52.0 Å². The molecular formula is C21H27BrClNS. The number of para-hydroxylation sites is 1. The summed E-state index contributed by atoms with van der Waals surface area (Å²) in [6.07, 6.45) is 7.44. The Balaban J connectivity index is 0.000000269. The molecule has 136 valence electrons. The SMILES string of the molecule is CC1CCCCC1.CCN(c1ccccc1)c1cc(Cl)c(Br)cc1S. The standard InChI is InChI=1S/C14H13BrClNS.C7H14/c1-2-17(10-6-4-3-5-7-10)13-9-12(16)11(15)8-14(13)18;1-7-5-3-2-4-6-7/h3-9,18H,2H2,1H3;7H,2-6H2,1H3. The Morgan fingerprint density at radius 2 is 1.76 bits per heavy atom. The van der Waals surface area contributed by atoms with E-state index in [1.54, 1.807) is 0 Å². The summed E-state index contributed by atoms with van der Waals surface area (Å²) in [5.41, 5.74) is 2.15. The average molecular weight is 441 g/mol. The number of anilines is 2. The van der Waals surface area contributed by atoms with Crippen molar-refractivity contribution in [3.8, 4) is 0 Å². The van der Waals surface area contributed by atoms with E-state index in [1.807, 2.05) is 30.3 Å². The largest absolute Gasteiger partial charge is 0.341 e. The van der Waals surface area contributed by atoms with Crippen molar-refractivity contribution in [1.29, 1.82) is 0 Å². The van der Waals surface area contributed by atoms with E-state index in [9.17, 15) is 0 Å². The highest BCUT2D eigenvalue weighted by Gasteiger charge is 2.12. The summed E-state index contributed by atoms with van der Waals surface area (Å²) in [6, 6.07) is 14.1. The van der Waals surface area contributed by atoms with E-state index in [0.29, 0.717) is 5.02 Å². The molecule has 0 amide bonds. The van der Waals surface area contributed by atoms with E-state index in [1.165, 1.54) is 32.1 Å². The number of hydrogen-bond acceptors (Lipinski definition) is 2. The van der Waals surface area contributed by atoms with Gasteiger partial charge in [-0.15, -0.1) is 12.6 Å². The fourth-order valence-electron chi connectivity index (χ4n) is 3.15. The van der Waals surface area contributed by atoms with Crippen LogP contribution in [0, 0.1) is 5.92 Å². The Labute approximate surface area is 171 Å². The first-order valence-corrected chi connectivity index (χ1v) is 10.6. The van der Waals surface area contributed by atoms with Gasteiger partial charge in [0.05, 0.1) is 10.7 Å². The smallest absolute Gasteiger partial charge is 0.0569 e. The topological polar surface area (TPSA) is 3.24 Å². The molecule has 1 aliphatic rings. The normalized spacial score (nSPS) is 14.6. The maximum atomic E-state index is 6.17. The van der Waals surface area contributed by atoms with Gasteiger partial charge in [0.1, 0.15) is 0 Å². The molecule has 1 saturated carbocycles.